The largest absolute Gasteiger partial charge is 0.492 e. The van der Waals surface area contributed by atoms with Gasteiger partial charge in [0, 0.05) is 44.3 Å². The van der Waals surface area contributed by atoms with Crippen LogP contribution in [0.1, 0.15) is 6.42 Å². The molecule has 3 aromatic rings. The van der Waals surface area contributed by atoms with E-state index in [1.165, 1.54) is 10.6 Å². The molecule has 1 atom stereocenters. The maximum atomic E-state index is 11.9. The minimum Gasteiger partial charge on any atom is -0.492 e. The van der Waals surface area contributed by atoms with Gasteiger partial charge in [0.15, 0.2) is 5.65 Å². The minimum atomic E-state index is -3.22. The predicted octanol–water partition coefficient (Wildman–Crippen LogP) is 2.44. The molecule has 12 heteroatoms. The van der Waals surface area contributed by atoms with Crippen molar-refractivity contribution < 1.29 is 17.9 Å². The SMILES string of the molecule is CS(=O)(=O)N1CCC(Nc2c(Cl)cnc3nc(-c4ccc(OCCN5CCOCC5)cc4)[nH]c23)C1. The molecular weight excluding hydrogens is 492 g/mol. The number of hydrogen-bond acceptors (Lipinski definition) is 8. The molecule has 35 heavy (non-hydrogen) atoms. The van der Waals surface area contributed by atoms with Crippen molar-refractivity contribution in [3.05, 3.63) is 35.5 Å². The first-order valence-electron chi connectivity index (χ1n) is 11.7. The number of imidazole rings is 1. The number of anilines is 1. The van der Waals surface area contributed by atoms with E-state index >= 15 is 0 Å². The summed E-state index contributed by atoms with van der Waals surface area (Å²) in [4.78, 5) is 14.7. The molecule has 2 fully saturated rings. The number of aromatic nitrogens is 3. The van der Waals surface area contributed by atoms with Gasteiger partial charge in [0.1, 0.15) is 23.7 Å². The Morgan fingerprint density at radius 2 is 2.00 bits per heavy atom. The molecule has 0 amide bonds. The first kappa shape index (κ1) is 24.3. The summed E-state index contributed by atoms with van der Waals surface area (Å²) in [6.45, 7) is 5.83. The molecule has 1 aromatic carbocycles. The average Bonchev–Trinajstić information content (AvgIpc) is 3.50. The number of sulfonamides is 1. The molecular formula is C23H29ClN6O4S. The second-order valence-electron chi connectivity index (χ2n) is 8.84. The van der Waals surface area contributed by atoms with Crippen molar-refractivity contribution >= 4 is 38.5 Å². The molecule has 0 spiro atoms. The van der Waals surface area contributed by atoms with Crippen molar-refractivity contribution in [1.82, 2.24) is 24.2 Å². The third-order valence-corrected chi connectivity index (χ3v) is 7.91. The van der Waals surface area contributed by atoms with E-state index in [0.29, 0.717) is 53.8 Å². The summed E-state index contributed by atoms with van der Waals surface area (Å²) in [5.41, 5.74) is 2.81. The monoisotopic (exact) mass is 520 g/mol. The third-order valence-electron chi connectivity index (χ3n) is 6.35. The molecule has 0 saturated carbocycles. The van der Waals surface area contributed by atoms with Crippen LogP contribution in [0.5, 0.6) is 5.75 Å². The molecule has 0 aliphatic carbocycles. The molecule has 0 bridgehead atoms. The van der Waals surface area contributed by atoms with Gasteiger partial charge in [-0.3, -0.25) is 4.90 Å². The van der Waals surface area contributed by atoms with Gasteiger partial charge in [-0.1, -0.05) is 11.6 Å². The van der Waals surface area contributed by atoms with Gasteiger partial charge in [0.05, 0.1) is 36.4 Å². The summed E-state index contributed by atoms with van der Waals surface area (Å²) in [6, 6.07) is 7.72. The smallest absolute Gasteiger partial charge is 0.211 e. The van der Waals surface area contributed by atoms with Crippen LogP contribution in [0.25, 0.3) is 22.6 Å². The highest BCUT2D eigenvalue weighted by atomic mass is 35.5. The van der Waals surface area contributed by atoms with Crippen LogP contribution in [-0.4, -0.2) is 97.4 Å². The molecule has 0 radical (unpaired) electrons. The molecule has 2 aliphatic heterocycles. The number of nitrogens with one attached hydrogen (secondary N) is 2. The number of aromatic amines is 1. The highest BCUT2D eigenvalue weighted by Gasteiger charge is 2.29. The van der Waals surface area contributed by atoms with E-state index in [4.69, 9.17) is 21.1 Å². The van der Waals surface area contributed by atoms with Crippen molar-refractivity contribution in [2.24, 2.45) is 0 Å². The number of rotatable bonds is 8. The van der Waals surface area contributed by atoms with Crippen LogP contribution in [0.2, 0.25) is 5.02 Å². The fourth-order valence-corrected chi connectivity index (χ4v) is 5.47. The van der Waals surface area contributed by atoms with Gasteiger partial charge in [-0.05, 0) is 30.7 Å². The fraction of sp³-hybridized carbons (Fsp3) is 0.478. The summed E-state index contributed by atoms with van der Waals surface area (Å²) < 4.78 is 36.5. The first-order valence-corrected chi connectivity index (χ1v) is 13.9. The number of benzene rings is 1. The lowest BCUT2D eigenvalue weighted by molar-refractivity contribution is 0.0322. The van der Waals surface area contributed by atoms with Crippen LogP contribution in [-0.2, 0) is 14.8 Å². The van der Waals surface area contributed by atoms with Gasteiger partial charge in [-0.25, -0.2) is 22.7 Å². The lowest BCUT2D eigenvalue weighted by Gasteiger charge is -2.26. The Morgan fingerprint density at radius 1 is 1.23 bits per heavy atom. The van der Waals surface area contributed by atoms with E-state index in [1.54, 1.807) is 6.20 Å². The topological polar surface area (TPSA) is 113 Å². The zero-order chi connectivity index (χ0) is 24.4. The normalized spacial score (nSPS) is 19.9. The molecule has 1 unspecified atom stereocenters. The summed E-state index contributed by atoms with van der Waals surface area (Å²) in [5.74, 6) is 1.47. The number of morpholine rings is 1. The van der Waals surface area contributed by atoms with Crippen LogP contribution in [0, 0.1) is 0 Å². The van der Waals surface area contributed by atoms with E-state index in [2.05, 4.69) is 25.2 Å². The highest BCUT2D eigenvalue weighted by Crippen LogP contribution is 2.32. The predicted molar refractivity (Wildman–Crippen MR) is 136 cm³/mol. The zero-order valence-corrected chi connectivity index (χ0v) is 21.1. The van der Waals surface area contributed by atoms with E-state index in [-0.39, 0.29) is 6.04 Å². The van der Waals surface area contributed by atoms with E-state index in [0.717, 1.165) is 44.2 Å². The van der Waals surface area contributed by atoms with Crippen molar-refractivity contribution in [3.8, 4) is 17.1 Å². The van der Waals surface area contributed by atoms with Crippen molar-refractivity contribution in [2.75, 3.05) is 64.1 Å². The van der Waals surface area contributed by atoms with Crippen LogP contribution >= 0.6 is 11.6 Å². The Balaban J connectivity index is 1.27. The van der Waals surface area contributed by atoms with Crippen molar-refractivity contribution in [1.29, 1.82) is 0 Å². The summed E-state index contributed by atoms with van der Waals surface area (Å²) >= 11 is 6.46. The van der Waals surface area contributed by atoms with Gasteiger partial charge in [0.2, 0.25) is 10.0 Å². The van der Waals surface area contributed by atoms with E-state index in [9.17, 15) is 8.42 Å². The molecule has 10 nitrogen and oxygen atoms in total. The minimum absolute atomic E-state index is 0.0477. The van der Waals surface area contributed by atoms with Crippen LogP contribution in [0.3, 0.4) is 0 Å². The third kappa shape index (κ3) is 5.70. The molecule has 2 N–H and O–H groups in total. The molecule has 2 aromatic heterocycles. The molecule has 2 saturated heterocycles. The van der Waals surface area contributed by atoms with Crippen LogP contribution in [0.15, 0.2) is 30.5 Å². The Labute approximate surface area is 209 Å². The molecule has 5 rings (SSSR count). The second kappa shape index (κ2) is 10.3. The lowest BCUT2D eigenvalue weighted by atomic mass is 10.2. The summed E-state index contributed by atoms with van der Waals surface area (Å²) in [7, 11) is -3.22. The second-order valence-corrected chi connectivity index (χ2v) is 11.2. The van der Waals surface area contributed by atoms with Gasteiger partial charge in [0.25, 0.3) is 0 Å². The van der Waals surface area contributed by atoms with Gasteiger partial charge >= 0.3 is 0 Å². The zero-order valence-electron chi connectivity index (χ0n) is 19.5. The number of fused-ring (bicyclic) bond motifs is 1. The Hall–Kier alpha value is -2.44. The van der Waals surface area contributed by atoms with Crippen LogP contribution < -0.4 is 10.1 Å². The fourth-order valence-electron chi connectivity index (χ4n) is 4.39. The van der Waals surface area contributed by atoms with Gasteiger partial charge < -0.3 is 19.8 Å². The number of nitrogens with zero attached hydrogens (tertiary/aromatic N) is 4. The maximum Gasteiger partial charge on any atom is 0.211 e. The summed E-state index contributed by atoms with van der Waals surface area (Å²) in [5, 5.41) is 3.85. The van der Waals surface area contributed by atoms with Crippen molar-refractivity contribution in [3.63, 3.8) is 0 Å². The quantitative estimate of drug-likeness (QED) is 0.465. The molecule has 4 heterocycles. The first-order chi connectivity index (χ1) is 16.9. The number of pyridine rings is 1. The van der Waals surface area contributed by atoms with Gasteiger partial charge in [-0.2, -0.15) is 0 Å². The maximum absolute atomic E-state index is 11.9. The van der Waals surface area contributed by atoms with Crippen molar-refractivity contribution in [2.45, 2.75) is 12.5 Å². The number of hydrogen-bond donors (Lipinski definition) is 2. The number of H-pyrrole nitrogens is 1. The summed E-state index contributed by atoms with van der Waals surface area (Å²) in [6.07, 6.45) is 3.49. The standard InChI is InChI=1S/C23H29ClN6O4S/c1-35(31,32)30-7-6-17(15-30)26-20-19(24)14-25-23-21(20)27-22(28-23)16-2-4-18(5-3-16)34-13-10-29-8-11-33-12-9-29/h2-5,14,17H,6-13,15H2,1H3,(H2,25,26,27,28). The number of halogens is 1. The van der Waals surface area contributed by atoms with E-state index < -0.39 is 10.0 Å². The highest BCUT2D eigenvalue weighted by molar-refractivity contribution is 7.88. The lowest BCUT2D eigenvalue weighted by Crippen LogP contribution is -2.38. The Kier molecular flexibility index (Phi) is 7.12. The van der Waals surface area contributed by atoms with Crippen LogP contribution in [0.4, 0.5) is 5.69 Å². The average molecular weight is 521 g/mol. The molecule has 188 valence electrons. The van der Waals surface area contributed by atoms with Gasteiger partial charge in [-0.15, -0.1) is 0 Å². The van der Waals surface area contributed by atoms with E-state index in [1.807, 2.05) is 24.3 Å². The number of ether oxygens (including phenoxy) is 2. The molecule has 2 aliphatic rings. The Morgan fingerprint density at radius 3 is 2.71 bits per heavy atom. The Bertz CT molecular complexity index is 1280.